The highest BCUT2D eigenvalue weighted by Gasteiger charge is 2.34. The SMILES string of the molecule is O=C(NC(CC1CCC1)B(O)O)C(Cc1ccccc1)NS(=O)(=O)c1ccc(Oc2ccncc2)cc1. The van der Waals surface area contributed by atoms with Gasteiger partial charge in [0.15, 0.2) is 0 Å². The minimum atomic E-state index is -4.09. The molecule has 0 bridgehead atoms. The fourth-order valence-corrected chi connectivity index (χ4v) is 5.34. The largest absolute Gasteiger partial charge is 0.475 e. The van der Waals surface area contributed by atoms with Gasteiger partial charge in [-0.2, -0.15) is 4.72 Å². The van der Waals surface area contributed by atoms with Gasteiger partial charge >= 0.3 is 7.12 Å². The molecule has 4 N–H and O–H groups in total. The van der Waals surface area contributed by atoms with Crippen LogP contribution in [0.4, 0.5) is 0 Å². The van der Waals surface area contributed by atoms with E-state index in [4.69, 9.17) is 4.74 Å². The Hall–Kier alpha value is -3.25. The van der Waals surface area contributed by atoms with E-state index in [1.54, 1.807) is 48.8 Å². The zero-order valence-corrected chi connectivity index (χ0v) is 21.0. The number of aromatic nitrogens is 1. The summed E-state index contributed by atoms with van der Waals surface area (Å²) in [5, 5.41) is 22.3. The summed E-state index contributed by atoms with van der Waals surface area (Å²) < 4.78 is 34.6. The molecule has 0 spiro atoms. The molecule has 0 aliphatic heterocycles. The van der Waals surface area contributed by atoms with Crippen molar-refractivity contribution in [1.82, 2.24) is 15.0 Å². The average Bonchev–Trinajstić information content (AvgIpc) is 2.86. The number of rotatable bonds is 12. The third-order valence-electron chi connectivity index (χ3n) is 6.42. The zero-order valence-electron chi connectivity index (χ0n) is 20.2. The van der Waals surface area contributed by atoms with Crippen LogP contribution >= 0.6 is 0 Å². The Labute approximate surface area is 217 Å². The first-order chi connectivity index (χ1) is 17.8. The van der Waals surface area contributed by atoms with E-state index < -0.39 is 35.0 Å². The van der Waals surface area contributed by atoms with E-state index in [0.29, 0.717) is 23.8 Å². The Balaban J connectivity index is 1.49. The Bertz CT molecular complexity index is 1260. The van der Waals surface area contributed by atoms with Gasteiger partial charge in [0.1, 0.15) is 17.5 Å². The van der Waals surface area contributed by atoms with Gasteiger partial charge in [-0.25, -0.2) is 8.42 Å². The number of hydrogen-bond acceptors (Lipinski definition) is 7. The van der Waals surface area contributed by atoms with Crippen molar-refractivity contribution in [3.63, 3.8) is 0 Å². The number of hydrogen-bond donors (Lipinski definition) is 4. The second kappa shape index (κ2) is 12.3. The quantitative estimate of drug-likeness (QED) is 0.268. The number of sulfonamides is 1. The molecule has 1 saturated carbocycles. The van der Waals surface area contributed by atoms with Gasteiger partial charge in [-0.3, -0.25) is 9.78 Å². The van der Waals surface area contributed by atoms with Gasteiger partial charge in [-0.1, -0.05) is 49.6 Å². The van der Waals surface area contributed by atoms with E-state index >= 15 is 0 Å². The number of ether oxygens (including phenoxy) is 1. The van der Waals surface area contributed by atoms with Gasteiger partial charge < -0.3 is 20.1 Å². The van der Waals surface area contributed by atoms with E-state index in [9.17, 15) is 23.3 Å². The first kappa shape index (κ1) is 26.8. The lowest BCUT2D eigenvalue weighted by Gasteiger charge is -2.30. The van der Waals surface area contributed by atoms with Gasteiger partial charge in [0.05, 0.1) is 10.8 Å². The van der Waals surface area contributed by atoms with Crippen molar-refractivity contribution in [2.45, 2.75) is 49.0 Å². The number of pyridine rings is 1. The van der Waals surface area contributed by atoms with Crippen LogP contribution in [0.2, 0.25) is 0 Å². The number of nitrogens with zero attached hydrogens (tertiary/aromatic N) is 1. The lowest BCUT2D eigenvalue weighted by Crippen LogP contribution is -2.55. The standard InChI is InChI=1S/C26H30BN3O6S/c31-26(29-25(27(32)33)18-20-7-4-8-20)24(17-19-5-2-1-3-6-19)30-37(34,35)23-11-9-21(10-12-23)36-22-13-15-28-16-14-22/h1-3,5-6,9-16,20,24-25,30,32-33H,4,7-8,17-18H2,(H,29,31). The van der Waals surface area contributed by atoms with Crippen LogP contribution in [0.15, 0.2) is 84.0 Å². The molecule has 1 heterocycles. The van der Waals surface area contributed by atoms with Crippen LogP contribution in [0.1, 0.15) is 31.2 Å². The Kier molecular flexibility index (Phi) is 8.93. The average molecular weight is 523 g/mol. The van der Waals surface area contributed by atoms with E-state index in [2.05, 4.69) is 15.0 Å². The molecule has 37 heavy (non-hydrogen) atoms. The first-order valence-electron chi connectivity index (χ1n) is 12.2. The van der Waals surface area contributed by atoms with E-state index in [0.717, 1.165) is 24.8 Å². The molecule has 1 fully saturated rings. The molecule has 2 aromatic carbocycles. The molecule has 0 saturated heterocycles. The summed E-state index contributed by atoms with van der Waals surface area (Å²) in [5.41, 5.74) is 0.756. The summed E-state index contributed by atoms with van der Waals surface area (Å²) in [4.78, 5) is 17.1. The van der Waals surface area contributed by atoms with Gasteiger partial charge in [0, 0.05) is 12.4 Å². The predicted octanol–water partition coefficient (Wildman–Crippen LogP) is 2.45. The van der Waals surface area contributed by atoms with Gasteiger partial charge in [-0.05, 0) is 60.7 Å². The van der Waals surface area contributed by atoms with E-state index in [1.165, 1.54) is 24.3 Å². The molecule has 3 aromatic rings. The molecule has 9 nitrogen and oxygen atoms in total. The van der Waals surface area contributed by atoms with Gasteiger partial charge in [-0.15, -0.1) is 0 Å². The topological polar surface area (TPSA) is 138 Å². The second-order valence-electron chi connectivity index (χ2n) is 9.18. The van der Waals surface area contributed by atoms with Crippen molar-refractivity contribution in [3.05, 3.63) is 84.7 Å². The lowest BCUT2D eigenvalue weighted by molar-refractivity contribution is -0.123. The molecule has 2 unspecified atom stereocenters. The van der Waals surface area contributed by atoms with Crippen LogP contribution in [-0.2, 0) is 21.2 Å². The van der Waals surface area contributed by atoms with Crippen LogP contribution in [-0.4, -0.2) is 48.5 Å². The highest BCUT2D eigenvalue weighted by atomic mass is 32.2. The molecular weight excluding hydrogens is 493 g/mol. The number of carbonyl (C=O) groups excluding carboxylic acids is 1. The molecule has 11 heteroatoms. The van der Waals surface area contributed by atoms with Crippen molar-refractivity contribution in [2.75, 3.05) is 0 Å². The van der Waals surface area contributed by atoms with Gasteiger partial charge in [0.2, 0.25) is 15.9 Å². The third-order valence-corrected chi connectivity index (χ3v) is 7.90. The molecule has 4 rings (SSSR count). The fraction of sp³-hybridized carbons (Fsp3) is 0.308. The molecule has 1 aliphatic carbocycles. The van der Waals surface area contributed by atoms with E-state index in [1.807, 2.05) is 6.07 Å². The molecule has 2 atom stereocenters. The van der Waals surface area contributed by atoms with Crippen molar-refractivity contribution in [3.8, 4) is 11.5 Å². The normalized spacial score (nSPS) is 15.3. The van der Waals surface area contributed by atoms with Crippen molar-refractivity contribution in [1.29, 1.82) is 0 Å². The smallest absolute Gasteiger partial charge is 0.457 e. The van der Waals surface area contributed by atoms with E-state index in [-0.39, 0.29) is 11.3 Å². The van der Waals surface area contributed by atoms with Crippen molar-refractivity contribution < 1.29 is 28.0 Å². The first-order valence-corrected chi connectivity index (χ1v) is 13.7. The zero-order chi connectivity index (χ0) is 26.3. The van der Waals surface area contributed by atoms with Crippen molar-refractivity contribution in [2.24, 2.45) is 5.92 Å². The Morgan fingerprint density at radius 2 is 1.65 bits per heavy atom. The van der Waals surface area contributed by atoms with Crippen LogP contribution in [0.3, 0.4) is 0 Å². The third kappa shape index (κ3) is 7.62. The predicted molar refractivity (Wildman–Crippen MR) is 139 cm³/mol. The molecule has 194 valence electrons. The van der Waals surface area contributed by atoms with Crippen LogP contribution in [0, 0.1) is 5.92 Å². The molecular formula is C26H30BN3O6S. The lowest BCUT2D eigenvalue weighted by atomic mass is 9.69. The Morgan fingerprint density at radius 1 is 1.00 bits per heavy atom. The summed E-state index contributed by atoms with van der Waals surface area (Å²) in [7, 11) is -5.83. The molecule has 1 amide bonds. The Morgan fingerprint density at radius 3 is 2.24 bits per heavy atom. The monoisotopic (exact) mass is 523 g/mol. The fourth-order valence-electron chi connectivity index (χ4n) is 4.15. The molecule has 1 aliphatic rings. The summed E-state index contributed by atoms with van der Waals surface area (Å²) >= 11 is 0. The molecule has 0 radical (unpaired) electrons. The summed E-state index contributed by atoms with van der Waals surface area (Å²) in [6.07, 6.45) is 6.71. The summed E-state index contributed by atoms with van der Waals surface area (Å²) in [6.45, 7) is 0. The maximum atomic E-state index is 13.2. The van der Waals surface area contributed by atoms with Crippen molar-refractivity contribution >= 4 is 23.0 Å². The highest BCUT2D eigenvalue weighted by molar-refractivity contribution is 7.89. The number of carbonyl (C=O) groups is 1. The second-order valence-corrected chi connectivity index (χ2v) is 10.9. The summed E-state index contributed by atoms with van der Waals surface area (Å²) in [6, 6.07) is 17.1. The van der Waals surface area contributed by atoms with Crippen LogP contribution < -0.4 is 14.8 Å². The minimum absolute atomic E-state index is 0.0337. The number of amides is 1. The van der Waals surface area contributed by atoms with Crippen LogP contribution in [0.5, 0.6) is 11.5 Å². The maximum Gasteiger partial charge on any atom is 0.475 e. The number of nitrogens with one attached hydrogen (secondary N) is 2. The highest BCUT2D eigenvalue weighted by Crippen LogP contribution is 2.30. The molecule has 1 aromatic heterocycles. The summed E-state index contributed by atoms with van der Waals surface area (Å²) in [5.74, 6) is -0.192. The van der Waals surface area contributed by atoms with Gasteiger partial charge in [0.25, 0.3) is 0 Å². The minimum Gasteiger partial charge on any atom is -0.457 e. The maximum absolute atomic E-state index is 13.2. The number of benzene rings is 2. The van der Waals surface area contributed by atoms with Crippen LogP contribution in [0.25, 0.3) is 0 Å².